The van der Waals surface area contributed by atoms with Gasteiger partial charge in [-0.2, -0.15) is 0 Å². The summed E-state index contributed by atoms with van der Waals surface area (Å²) in [6, 6.07) is 16.3. The van der Waals surface area contributed by atoms with Gasteiger partial charge in [-0.15, -0.1) is 11.3 Å². The number of fused-ring (bicyclic) bond motifs is 1. The molecule has 5 rings (SSSR count). The zero-order valence-corrected chi connectivity index (χ0v) is 18.9. The van der Waals surface area contributed by atoms with Gasteiger partial charge in [-0.3, -0.25) is 4.90 Å². The highest BCUT2D eigenvalue weighted by molar-refractivity contribution is 7.17. The van der Waals surface area contributed by atoms with E-state index in [0.717, 1.165) is 65.1 Å². The number of anilines is 1. The van der Waals surface area contributed by atoms with Gasteiger partial charge < -0.3 is 9.64 Å². The van der Waals surface area contributed by atoms with Gasteiger partial charge in [-0.25, -0.2) is 9.97 Å². The number of ether oxygens (including phenoxy) is 1. The molecule has 0 radical (unpaired) electrons. The summed E-state index contributed by atoms with van der Waals surface area (Å²) >= 11 is 7.89. The smallest absolute Gasteiger partial charge is 0.141 e. The summed E-state index contributed by atoms with van der Waals surface area (Å²) < 4.78 is 5.52. The fraction of sp³-hybridized carbons (Fsp3) is 0.250. The number of nitrogens with zero attached hydrogens (tertiary/aromatic N) is 4. The normalized spacial score (nSPS) is 14.8. The molecule has 7 heteroatoms. The lowest BCUT2D eigenvalue weighted by Gasteiger charge is -2.36. The third-order valence-corrected chi connectivity index (χ3v) is 6.86. The summed E-state index contributed by atoms with van der Waals surface area (Å²) in [5.41, 5.74) is 3.54. The predicted molar refractivity (Wildman–Crippen MR) is 128 cm³/mol. The SMILES string of the molecule is COc1ccc(Cl)cc1CN1CCN(c2ncnc3scc(-c4ccccc4)c23)CC1. The van der Waals surface area contributed by atoms with Gasteiger partial charge in [0.15, 0.2) is 0 Å². The lowest BCUT2D eigenvalue weighted by molar-refractivity contribution is 0.246. The fourth-order valence-electron chi connectivity index (χ4n) is 4.16. The zero-order valence-electron chi connectivity index (χ0n) is 17.3. The summed E-state index contributed by atoms with van der Waals surface area (Å²) in [7, 11) is 1.70. The molecule has 0 amide bonds. The first-order chi connectivity index (χ1) is 15.2. The summed E-state index contributed by atoms with van der Waals surface area (Å²) in [6.45, 7) is 4.56. The van der Waals surface area contributed by atoms with Crippen LogP contribution in [0.15, 0.2) is 60.2 Å². The van der Waals surface area contributed by atoms with E-state index >= 15 is 0 Å². The summed E-state index contributed by atoms with van der Waals surface area (Å²) in [5.74, 6) is 1.92. The number of rotatable bonds is 5. The molecule has 0 N–H and O–H groups in total. The Bertz CT molecular complexity index is 1190. The molecule has 1 aliphatic rings. The third kappa shape index (κ3) is 4.11. The fourth-order valence-corrected chi connectivity index (χ4v) is 5.26. The van der Waals surface area contributed by atoms with Crippen molar-refractivity contribution in [2.24, 2.45) is 0 Å². The topological polar surface area (TPSA) is 41.5 Å². The molecule has 0 unspecified atom stereocenters. The Hall–Kier alpha value is -2.67. The second-order valence-electron chi connectivity index (χ2n) is 7.61. The van der Waals surface area contributed by atoms with Crippen molar-refractivity contribution in [3.63, 3.8) is 0 Å². The van der Waals surface area contributed by atoms with E-state index in [-0.39, 0.29) is 0 Å². The minimum Gasteiger partial charge on any atom is -0.496 e. The van der Waals surface area contributed by atoms with Gasteiger partial charge in [0.05, 0.1) is 12.5 Å². The molecule has 0 saturated carbocycles. The Balaban J connectivity index is 1.37. The van der Waals surface area contributed by atoms with Crippen LogP contribution in [-0.4, -0.2) is 48.2 Å². The molecule has 5 nitrogen and oxygen atoms in total. The highest BCUT2D eigenvalue weighted by Crippen LogP contribution is 2.38. The van der Waals surface area contributed by atoms with Gasteiger partial charge >= 0.3 is 0 Å². The minimum atomic E-state index is 0.740. The van der Waals surface area contributed by atoms with Crippen molar-refractivity contribution in [3.05, 3.63) is 70.8 Å². The van der Waals surface area contributed by atoms with Crippen LogP contribution in [0.5, 0.6) is 5.75 Å². The van der Waals surface area contributed by atoms with Crippen molar-refractivity contribution in [2.75, 3.05) is 38.2 Å². The van der Waals surface area contributed by atoms with Crippen molar-refractivity contribution in [1.29, 1.82) is 0 Å². The molecule has 158 valence electrons. The number of aromatic nitrogens is 2. The summed E-state index contributed by atoms with van der Waals surface area (Å²) in [6.07, 6.45) is 1.69. The number of thiophene rings is 1. The van der Waals surface area contributed by atoms with Gasteiger partial charge in [0, 0.05) is 54.3 Å². The van der Waals surface area contributed by atoms with Crippen molar-refractivity contribution >= 4 is 39.0 Å². The molecule has 1 saturated heterocycles. The molecule has 3 heterocycles. The van der Waals surface area contributed by atoms with E-state index in [2.05, 4.69) is 44.4 Å². The third-order valence-electron chi connectivity index (χ3n) is 5.74. The van der Waals surface area contributed by atoms with E-state index < -0.39 is 0 Å². The molecular formula is C24H23ClN4OS. The Labute approximate surface area is 190 Å². The Morgan fingerprint density at radius 1 is 1.03 bits per heavy atom. The first-order valence-corrected chi connectivity index (χ1v) is 11.6. The number of piperazine rings is 1. The second kappa shape index (κ2) is 8.83. The Morgan fingerprint density at radius 3 is 2.61 bits per heavy atom. The highest BCUT2D eigenvalue weighted by atomic mass is 35.5. The van der Waals surface area contributed by atoms with Crippen LogP contribution in [0.1, 0.15) is 5.56 Å². The van der Waals surface area contributed by atoms with Gasteiger partial charge in [-0.1, -0.05) is 41.9 Å². The predicted octanol–water partition coefficient (Wildman–Crippen LogP) is 5.34. The van der Waals surface area contributed by atoms with E-state index in [1.54, 1.807) is 24.8 Å². The number of hydrogen-bond acceptors (Lipinski definition) is 6. The van der Waals surface area contributed by atoms with Gasteiger partial charge in [-0.05, 0) is 23.8 Å². The van der Waals surface area contributed by atoms with Crippen molar-refractivity contribution in [1.82, 2.24) is 14.9 Å². The number of hydrogen-bond donors (Lipinski definition) is 0. The minimum absolute atomic E-state index is 0.740. The molecule has 1 fully saturated rings. The molecule has 1 aliphatic heterocycles. The number of halogens is 1. The summed E-state index contributed by atoms with van der Waals surface area (Å²) in [5, 5.41) is 4.09. The average molecular weight is 451 g/mol. The molecule has 0 atom stereocenters. The Kier molecular flexibility index (Phi) is 5.76. The van der Waals surface area contributed by atoms with Crippen LogP contribution in [0, 0.1) is 0 Å². The Morgan fingerprint density at radius 2 is 1.84 bits per heavy atom. The van der Waals surface area contributed by atoms with Gasteiger partial charge in [0.2, 0.25) is 0 Å². The van der Waals surface area contributed by atoms with Crippen LogP contribution in [0.4, 0.5) is 5.82 Å². The monoisotopic (exact) mass is 450 g/mol. The molecule has 2 aromatic heterocycles. The van der Waals surface area contributed by atoms with Crippen LogP contribution < -0.4 is 9.64 Å². The molecule has 0 aliphatic carbocycles. The lowest BCUT2D eigenvalue weighted by Crippen LogP contribution is -2.46. The van der Waals surface area contributed by atoms with E-state index in [1.165, 1.54) is 11.1 Å². The number of benzene rings is 2. The van der Waals surface area contributed by atoms with Crippen molar-refractivity contribution < 1.29 is 4.74 Å². The molecule has 0 bridgehead atoms. The van der Waals surface area contributed by atoms with Crippen LogP contribution >= 0.6 is 22.9 Å². The molecular weight excluding hydrogens is 428 g/mol. The maximum Gasteiger partial charge on any atom is 0.141 e. The molecule has 4 aromatic rings. The van der Waals surface area contributed by atoms with E-state index in [1.807, 2.05) is 24.3 Å². The zero-order chi connectivity index (χ0) is 21.2. The van der Waals surface area contributed by atoms with Gasteiger partial charge in [0.1, 0.15) is 22.7 Å². The molecule has 31 heavy (non-hydrogen) atoms. The van der Waals surface area contributed by atoms with Crippen LogP contribution in [-0.2, 0) is 6.54 Å². The molecule has 0 spiro atoms. The largest absolute Gasteiger partial charge is 0.496 e. The number of methoxy groups -OCH3 is 1. The summed E-state index contributed by atoms with van der Waals surface area (Å²) in [4.78, 5) is 15.1. The quantitative estimate of drug-likeness (QED) is 0.410. The van der Waals surface area contributed by atoms with Crippen LogP contribution in [0.3, 0.4) is 0 Å². The second-order valence-corrected chi connectivity index (χ2v) is 8.91. The molecule has 2 aromatic carbocycles. The maximum atomic E-state index is 6.21. The van der Waals surface area contributed by atoms with Crippen LogP contribution in [0.25, 0.3) is 21.3 Å². The highest BCUT2D eigenvalue weighted by Gasteiger charge is 2.23. The average Bonchev–Trinajstić information content (AvgIpc) is 3.25. The van der Waals surface area contributed by atoms with E-state index in [9.17, 15) is 0 Å². The van der Waals surface area contributed by atoms with Crippen molar-refractivity contribution in [2.45, 2.75) is 6.54 Å². The standard InChI is InChI=1S/C24H23ClN4OS/c1-30-21-8-7-19(25)13-18(21)14-28-9-11-29(12-10-28)23-22-20(17-5-3-2-4-6-17)15-31-24(22)27-16-26-23/h2-8,13,15-16H,9-12,14H2,1H3. The van der Waals surface area contributed by atoms with Crippen LogP contribution in [0.2, 0.25) is 5.02 Å². The van der Waals surface area contributed by atoms with Gasteiger partial charge in [0.25, 0.3) is 0 Å². The maximum absolute atomic E-state index is 6.21. The first kappa shape index (κ1) is 20.2. The first-order valence-electron chi connectivity index (χ1n) is 10.3. The van der Waals surface area contributed by atoms with E-state index in [0.29, 0.717) is 0 Å². The van der Waals surface area contributed by atoms with E-state index in [4.69, 9.17) is 21.3 Å². The lowest BCUT2D eigenvalue weighted by atomic mass is 10.1. The van der Waals surface area contributed by atoms with Crippen molar-refractivity contribution in [3.8, 4) is 16.9 Å².